The van der Waals surface area contributed by atoms with E-state index in [2.05, 4.69) is 5.32 Å². The number of anilines is 1. The van der Waals surface area contributed by atoms with Gasteiger partial charge in [0.25, 0.3) is 11.8 Å². The first-order valence-electron chi connectivity index (χ1n) is 7.45. The van der Waals surface area contributed by atoms with E-state index >= 15 is 0 Å². The Morgan fingerprint density at radius 2 is 1.88 bits per heavy atom. The Morgan fingerprint density at radius 1 is 1.20 bits per heavy atom. The van der Waals surface area contributed by atoms with Gasteiger partial charge in [-0.1, -0.05) is 12.1 Å². The molecule has 0 aliphatic rings. The number of nitrogens with two attached hydrogens (primary N) is 1. The first-order valence-corrected chi connectivity index (χ1v) is 7.45. The summed E-state index contributed by atoms with van der Waals surface area (Å²) in [5.74, 6) is -2.02. The van der Waals surface area contributed by atoms with Gasteiger partial charge < -0.3 is 19.6 Å². The highest BCUT2D eigenvalue weighted by Crippen LogP contribution is 2.29. The molecule has 1 heterocycles. The maximum atomic E-state index is 12.5. The fraction of sp³-hybridized carbons (Fsp3) is 0.235. The number of amides is 2. The molecule has 0 bridgehead atoms. The second kappa shape index (κ2) is 7.52. The molecule has 132 valence electrons. The van der Waals surface area contributed by atoms with Crippen molar-refractivity contribution in [2.24, 2.45) is 5.73 Å². The zero-order valence-corrected chi connectivity index (χ0v) is 14.0. The summed E-state index contributed by atoms with van der Waals surface area (Å²) in [5.41, 5.74) is 5.24. The molecular weight excluding hydrogens is 328 g/mol. The summed E-state index contributed by atoms with van der Waals surface area (Å²) in [6, 6.07) is 6.52. The second-order valence-electron chi connectivity index (χ2n) is 4.98. The van der Waals surface area contributed by atoms with Gasteiger partial charge in [0.05, 0.1) is 19.3 Å². The molecule has 1 aromatic heterocycles. The maximum Gasteiger partial charge on any atom is 0.342 e. The minimum absolute atomic E-state index is 0.107. The van der Waals surface area contributed by atoms with Gasteiger partial charge in [-0.3, -0.25) is 14.9 Å². The Morgan fingerprint density at radius 3 is 2.48 bits per heavy atom. The number of ether oxygens (including phenoxy) is 2. The van der Waals surface area contributed by atoms with Crippen LogP contribution >= 0.6 is 0 Å². The van der Waals surface area contributed by atoms with Gasteiger partial charge >= 0.3 is 5.97 Å². The van der Waals surface area contributed by atoms with E-state index in [0.29, 0.717) is 5.75 Å². The highest BCUT2D eigenvalue weighted by atomic mass is 16.5. The van der Waals surface area contributed by atoms with Crippen molar-refractivity contribution in [3.63, 3.8) is 0 Å². The van der Waals surface area contributed by atoms with Gasteiger partial charge in [0, 0.05) is 0 Å². The number of aryl methyl sites for hydroxylation is 1. The van der Waals surface area contributed by atoms with Crippen LogP contribution in [0, 0.1) is 6.92 Å². The van der Waals surface area contributed by atoms with Gasteiger partial charge in [0.1, 0.15) is 22.6 Å². The third-order valence-electron chi connectivity index (χ3n) is 3.39. The first kappa shape index (κ1) is 18.1. The average molecular weight is 346 g/mol. The van der Waals surface area contributed by atoms with Crippen LogP contribution in [0.2, 0.25) is 0 Å². The number of rotatable bonds is 6. The highest BCUT2D eigenvalue weighted by molar-refractivity contribution is 6.13. The third kappa shape index (κ3) is 3.63. The van der Waals surface area contributed by atoms with Crippen LogP contribution in [-0.4, -0.2) is 31.5 Å². The molecule has 0 saturated heterocycles. The van der Waals surface area contributed by atoms with E-state index in [1.807, 2.05) is 0 Å². The van der Waals surface area contributed by atoms with Crippen molar-refractivity contribution in [1.29, 1.82) is 0 Å². The number of furan rings is 1. The lowest BCUT2D eigenvalue weighted by Crippen LogP contribution is -2.20. The molecule has 0 aliphatic heterocycles. The minimum atomic E-state index is -0.921. The van der Waals surface area contributed by atoms with Crippen LogP contribution < -0.4 is 15.8 Å². The van der Waals surface area contributed by atoms with Crippen molar-refractivity contribution in [1.82, 2.24) is 0 Å². The fourth-order valence-electron chi connectivity index (χ4n) is 2.32. The molecule has 0 spiro atoms. The molecule has 0 radical (unpaired) electrons. The second-order valence-corrected chi connectivity index (χ2v) is 4.98. The maximum absolute atomic E-state index is 12.5. The van der Waals surface area contributed by atoms with Crippen LogP contribution in [0.1, 0.15) is 43.8 Å². The van der Waals surface area contributed by atoms with E-state index in [1.54, 1.807) is 31.2 Å². The molecule has 8 nitrogen and oxygen atoms in total. The molecular formula is C17H18N2O6. The number of hydrogen-bond donors (Lipinski definition) is 2. The van der Waals surface area contributed by atoms with Gasteiger partial charge in [-0.25, -0.2) is 4.79 Å². The van der Waals surface area contributed by atoms with Crippen molar-refractivity contribution >= 4 is 23.7 Å². The van der Waals surface area contributed by atoms with Gasteiger partial charge in [-0.2, -0.15) is 0 Å². The summed E-state index contributed by atoms with van der Waals surface area (Å²) in [6.07, 6.45) is 0. The van der Waals surface area contributed by atoms with E-state index in [9.17, 15) is 14.4 Å². The lowest BCUT2D eigenvalue weighted by atomic mass is 10.1. The normalized spacial score (nSPS) is 10.2. The molecule has 25 heavy (non-hydrogen) atoms. The Labute approximate surface area is 143 Å². The van der Waals surface area contributed by atoms with Crippen LogP contribution in [0.3, 0.4) is 0 Å². The predicted octanol–water partition coefficient (Wildman–Crippen LogP) is 2.12. The summed E-state index contributed by atoms with van der Waals surface area (Å²) >= 11 is 0. The van der Waals surface area contributed by atoms with Crippen LogP contribution in [-0.2, 0) is 4.74 Å². The number of methoxy groups -OCH3 is 1. The molecule has 8 heteroatoms. The van der Waals surface area contributed by atoms with Gasteiger partial charge in [0.2, 0.25) is 5.88 Å². The zero-order chi connectivity index (χ0) is 18.6. The fourth-order valence-corrected chi connectivity index (χ4v) is 2.32. The Hall–Kier alpha value is -3.29. The molecule has 0 saturated carbocycles. The van der Waals surface area contributed by atoms with Crippen molar-refractivity contribution in [3.8, 4) is 5.75 Å². The topological polar surface area (TPSA) is 121 Å². The largest absolute Gasteiger partial charge is 0.496 e. The summed E-state index contributed by atoms with van der Waals surface area (Å²) < 4.78 is 15.4. The zero-order valence-electron chi connectivity index (χ0n) is 14.0. The Balaban J connectivity index is 2.43. The third-order valence-corrected chi connectivity index (χ3v) is 3.39. The Kier molecular flexibility index (Phi) is 5.43. The Bertz CT molecular complexity index is 825. The molecule has 0 unspecified atom stereocenters. The molecule has 2 amide bonds. The number of esters is 1. The molecule has 3 N–H and O–H groups in total. The standard InChI is InChI=1S/C17H18N2O6/c1-4-24-17(22)12-9(2)25-16(13(12)14(18)20)19-15(21)10-7-5-6-8-11(10)23-3/h5-8H,4H2,1-3H3,(H2,18,20)(H,19,21). The number of primary amides is 1. The van der Waals surface area contributed by atoms with Crippen LogP contribution in [0.25, 0.3) is 0 Å². The van der Waals surface area contributed by atoms with E-state index in [4.69, 9.17) is 19.6 Å². The number of hydrogen-bond acceptors (Lipinski definition) is 6. The lowest BCUT2D eigenvalue weighted by Gasteiger charge is -2.08. The van der Waals surface area contributed by atoms with Crippen molar-refractivity contribution in [2.45, 2.75) is 13.8 Å². The monoisotopic (exact) mass is 346 g/mol. The quantitative estimate of drug-likeness (QED) is 0.773. The lowest BCUT2D eigenvalue weighted by molar-refractivity contribution is 0.0521. The van der Waals surface area contributed by atoms with Crippen LogP contribution in [0.4, 0.5) is 5.88 Å². The average Bonchev–Trinajstić information content (AvgIpc) is 2.91. The molecule has 0 aliphatic carbocycles. The van der Waals surface area contributed by atoms with Crippen molar-refractivity contribution in [2.75, 3.05) is 19.0 Å². The van der Waals surface area contributed by atoms with Gasteiger partial charge in [0.15, 0.2) is 0 Å². The van der Waals surface area contributed by atoms with Crippen LogP contribution in [0.15, 0.2) is 28.7 Å². The molecule has 0 fully saturated rings. The van der Waals surface area contributed by atoms with Crippen molar-refractivity contribution in [3.05, 3.63) is 46.7 Å². The summed E-state index contributed by atoms with van der Waals surface area (Å²) in [7, 11) is 1.43. The molecule has 2 aromatic rings. The minimum Gasteiger partial charge on any atom is -0.496 e. The van der Waals surface area contributed by atoms with Crippen molar-refractivity contribution < 1.29 is 28.3 Å². The number of carbonyl (C=O) groups is 3. The molecule has 0 atom stereocenters. The smallest absolute Gasteiger partial charge is 0.342 e. The van der Waals surface area contributed by atoms with E-state index < -0.39 is 17.8 Å². The van der Waals surface area contributed by atoms with Gasteiger partial charge in [-0.15, -0.1) is 0 Å². The van der Waals surface area contributed by atoms with Gasteiger partial charge in [-0.05, 0) is 26.0 Å². The number of para-hydroxylation sites is 1. The first-order chi connectivity index (χ1) is 11.9. The number of benzene rings is 1. The SMILES string of the molecule is CCOC(=O)c1c(C)oc(NC(=O)c2ccccc2OC)c1C(N)=O. The van der Waals surface area contributed by atoms with E-state index in [-0.39, 0.29) is 34.9 Å². The summed E-state index contributed by atoms with van der Waals surface area (Å²) in [5, 5.41) is 2.45. The number of carbonyl (C=O) groups excluding carboxylic acids is 3. The molecule has 2 rings (SSSR count). The van der Waals surface area contributed by atoms with E-state index in [0.717, 1.165) is 0 Å². The highest BCUT2D eigenvalue weighted by Gasteiger charge is 2.29. The molecule has 1 aromatic carbocycles. The van der Waals surface area contributed by atoms with E-state index in [1.165, 1.54) is 14.0 Å². The summed E-state index contributed by atoms with van der Waals surface area (Å²) in [6.45, 7) is 3.21. The van der Waals surface area contributed by atoms with Crippen LogP contribution in [0.5, 0.6) is 5.75 Å². The summed E-state index contributed by atoms with van der Waals surface area (Å²) in [4.78, 5) is 36.3. The predicted molar refractivity (Wildman–Crippen MR) is 88.9 cm³/mol. The number of nitrogens with one attached hydrogen (secondary N) is 1.